The predicted molar refractivity (Wildman–Crippen MR) is 102 cm³/mol. The number of benzene rings is 1. The minimum atomic E-state index is 0.140. The normalized spacial score (nSPS) is 21.3. The summed E-state index contributed by atoms with van der Waals surface area (Å²) in [6.45, 7) is 4.06. The minimum Gasteiger partial charge on any atom is -0.317 e. The van der Waals surface area contributed by atoms with Crippen LogP contribution in [0.3, 0.4) is 0 Å². The van der Waals surface area contributed by atoms with Gasteiger partial charge in [0.25, 0.3) is 0 Å². The maximum absolute atomic E-state index is 12.5. The maximum Gasteiger partial charge on any atom is 0.229 e. The number of halogens is 1. The van der Waals surface area contributed by atoms with Crippen LogP contribution in [-0.2, 0) is 11.2 Å². The zero-order valence-corrected chi connectivity index (χ0v) is 15.8. The zero-order chi connectivity index (χ0) is 17.4. The SMILES string of the molecule is Cc1ccc(Cc2cnc(NC(=O)C3CC34CCNCC4)s2)cc1Cl. The summed E-state index contributed by atoms with van der Waals surface area (Å²) < 4.78 is 0. The number of aryl methyl sites for hydroxylation is 1. The van der Waals surface area contributed by atoms with Crippen molar-refractivity contribution in [1.29, 1.82) is 0 Å². The number of hydrogen-bond acceptors (Lipinski definition) is 4. The van der Waals surface area contributed by atoms with Crippen molar-refractivity contribution in [2.75, 3.05) is 18.4 Å². The van der Waals surface area contributed by atoms with Gasteiger partial charge < -0.3 is 10.6 Å². The number of rotatable bonds is 4. The van der Waals surface area contributed by atoms with Crippen LogP contribution in [0, 0.1) is 18.3 Å². The lowest BCUT2D eigenvalue weighted by molar-refractivity contribution is -0.118. The van der Waals surface area contributed by atoms with Gasteiger partial charge in [0, 0.05) is 28.4 Å². The highest BCUT2D eigenvalue weighted by atomic mass is 35.5. The van der Waals surface area contributed by atoms with Gasteiger partial charge in [-0.2, -0.15) is 0 Å². The molecule has 2 heterocycles. The number of anilines is 1. The molecule has 1 saturated carbocycles. The molecule has 1 spiro atoms. The Morgan fingerprint density at radius 3 is 3.00 bits per heavy atom. The summed E-state index contributed by atoms with van der Waals surface area (Å²) in [5.41, 5.74) is 2.50. The molecule has 25 heavy (non-hydrogen) atoms. The van der Waals surface area contributed by atoms with Crippen molar-refractivity contribution in [2.45, 2.75) is 32.6 Å². The zero-order valence-electron chi connectivity index (χ0n) is 14.3. The Labute approximate surface area is 157 Å². The highest BCUT2D eigenvalue weighted by molar-refractivity contribution is 7.15. The van der Waals surface area contributed by atoms with E-state index in [9.17, 15) is 4.79 Å². The van der Waals surface area contributed by atoms with Crippen molar-refractivity contribution < 1.29 is 4.79 Å². The number of thiazole rings is 1. The summed E-state index contributed by atoms with van der Waals surface area (Å²) in [5, 5.41) is 7.89. The molecule has 1 aliphatic carbocycles. The summed E-state index contributed by atoms with van der Waals surface area (Å²) in [7, 11) is 0. The summed E-state index contributed by atoms with van der Waals surface area (Å²) in [6, 6.07) is 6.12. The first-order valence-electron chi connectivity index (χ1n) is 8.77. The molecule has 132 valence electrons. The van der Waals surface area contributed by atoms with Crippen molar-refractivity contribution in [2.24, 2.45) is 11.3 Å². The van der Waals surface area contributed by atoms with Crippen molar-refractivity contribution in [1.82, 2.24) is 10.3 Å². The van der Waals surface area contributed by atoms with E-state index in [1.54, 1.807) is 11.3 Å². The lowest BCUT2D eigenvalue weighted by Gasteiger charge is -2.22. The molecular formula is C19H22ClN3OS. The molecule has 2 aliphatic rings. The topological polar surface area (TPSA) is 54.0 Å². The van der Waals surface area contributed by atoms with Gasteiger partial charge in [-0.1, -0.05) is 23.7 Å². The molecular weight excluding hydrogens is 354 g/mol. The first-order chi connectivity index (χ1) is 12.1. The number of hydrogen-bond donors (Lipinski definition) is 2. The molecule has 2 fully saturated rings. The van der Waals surface area contributed by atoms with Crippen LogP contribution in [-0.4, -0.2) is 24.0 Å². The van der Waals surface area contributed by atoms with Crippen LogP contribution < -0.4 is 10.6 Å². The van der Waals surface area contributed by atoms with E-state index in [0.29, 0.717) is 5.13 Å². The lowest BCUT2D eigenvalue weighted by Crippen LogP contribution is -2.31. The maximum atomic E-state index is 12.5. The number of nitrogens with zero attached hydrogens (tertiary/aromatic N) is 1. The van der Waals surface area contributed by atoms with Crippen LogP contribution in [0.15, 0.2) is 24.4 Å². The number of piperidine rings is 1. The molecule has 0 bridgehead atoms. The van der Waals surface area contributed by atoms with Crippen LogP contribution in [0.25, 0.3) is 0 Å². The van der Waals surface area contributed by atoms with E-state index in [-0.39, 0.29) is 17.2 Å². The first-order valence-corrected chi connectivity index (χ1v) is 9.96. The van der Waals surface area contributed by atoms with E-state index in [4.69, 9.17) is 11.6 Å². The Balaban J connectivity index is 1.37. The average Bonchev–Trinajstić information content (AvgIpc) is 3.10. The second-order valence-corrected chi connectivity index (χ2v) is 8.77. The fraction of sp³-hybridized carbons (Fsp3) is 0.474. The summed E-state index contributed by atoms with van der Waals surface area (Å²) in [5.74, 6) is 0.305. The predicted octanol–water partition coefficient (Wildman–Crippen LogP) is 4.02. The van der Waals surface area contributed by atoms with Gasteiger partial charge in [-0.05, 0) is 61.9 Å². The van der Waals surface area contributed by atoms with E-state index < -0.39 is 0 Å². The lowest BCUT2D eigenvalue weighted by atomic mass is 9.92. The first kappa shape index (κ1) is 17.0. The molecule has 1 aromatic heterocycles. The van der Waals surface area contributed by atoms with Gasteiger partial charge in [0.1, 0.15) is 0 Å². The summed E-state index contributed by atoms with van der Waals surface area (Å²) >= 11 is 7.74. The fourth-order valence-corrected chi connectivity index (χ4v) is 4.84. The molecule has 0 radical (unpaired) electrons. The average molecular weight is 376 g/mol. The van der Waals surface area contributed by atoms with E-state index >= 15 is 0 Å². The molecule has 1 aromatic carbocycles. The number of aromatic nitrogens is 1. The molecule has 4 nitrogen and oxygen atoms in total. The molecule has 6 heteroatoms. The smallest absolute Gasteiger partial charge is 0.229 e. The molecule has 2 N–H and O–H groups in total. The molecule has 1 aliphatic heterocycles. The Kier molecular flexibility index (Phi) is 4.56. The molecule has 1 saturated heterocycles. The molecule has 4 rings (SSSR count). The molecule has 1 amide bonds. The van der Waals surface area contributed by atoms with Gasteiger partial charge >= 0.3 is 0 Å². The second-order valence-electron chi connectivity index (χ2n) is 7.25. The van der Waals surface area contributed by atoms with Gasteiger partial charge in [0.2, 0.25) is 5.91 Å². The van der Waals surface area contributed by atoms with Gasteiger partial charge in [0.15, 0.2) is 5.13 Å². The second kappa shape index (κ2) is 6.71. The molecule has 2 aromatic rings. The standard InChI is InChI=1S/C19H22ClN3OS/c1-12-2-3-13(9-16(12)20)8-14-11-22-18(25-14)23-17(24)15-10-19(15)4-6-21-7-5-19/h2-3,9,11,15,21H,4-8,10H2,1H3,(H,22,23,24). The van der Waals surface area contributed by atoms with Crippen LogP contribution in [0.5, 0.6) is 0 Å². The summed E-state index contributed by atoms with van der Waals surface area (Å²) in [4.78, 5) is 18.0. The van der Waals surface area contributed by atoms with Crippen LogP contribution in [0.4, 0.5) is 5.13 Å². The Bertz CT molecular complexity index is 798. The summed E-state index contributed by atoms with van der Waals surface area (Å²) in [6.07, 6.45) is 5.89. The number of carbonyl (C=O) groups excluding carboxylic acids is 1. The highest BCUT2D eigenvalue weighted by Gasteiger charge is 2.57. The van der Waals surface area contributed by atoms with Crippen LogP contribution in [0.2, 0.25) is 5.02 Å². The van der Waals surface area contributed by atoms with Gasteiger partial charge in [-0.15, -0.1) is 11.3 Å². The van der Waals surface area contributed by atoms with Crippen LogP contribution in [0.1, 0.15) is 35.3 Å². The van der Waals surface area contributed by atoms with Gasteiger partial charge in [-0.3, -0.25) is 4.79 Å². The van der Waals surface area contributed by atoms with E-state index in [1.807, 2.05) is 25.3 Å². The third kappa shape index (κ3) is 3.59. The van der Waals surface area contributed by atoms with E-state index in [1.165, 1.54) is 0 Å². The number of nitrogens with one attached hydrogen (secondary N) is 2. The number of amides is 1. The van der Waals surface area contributed by atoms with Crippen molar-refractivity contribution >= 4 is 34.0 Å². The van der Waals surface area contributed by atoms with Crippen molar-refractivity contribution in [3.8, 4) is 0 Å². The van der Waals surface area contributed by atoms with Gasteiger partial charge in [-0.25, -0.2) is 4.98 Å². The number of carbonyl (C=O) groups is 1. The quantitative estimate of drug-likeness (QED) is 0.848. The van der Waals surface area contributed by atoms with Gasteiger partial charge in [0.05, 0.1) is 0 Å². The van der Waals surface area contributed by atoms with Crippen molar-refractivity contribution in [3.63, 3.8) is 0 Å². The monoisotopic (exact) mass is 375 g/mol. The largest absolute Gasteiger partial charge is 0.317 e. The molecule has 1 unspecified atom stereocenters. The Morgan fingerprint density at radius 2 is 2.24 bits per heavy atom. The van der Waals surface area contributed by atoms with E-state index in [0.717, 1.165) is 59.8 Å². The molecule has 1 atom stereocenters. The Hall–Kier alpha value is -1.43. The highest BCUT2D eigenvalue weighted by Crippen LogP contribution is 2.58. The fourth-order valence-electron chi connectivity index (χ4n) is 3.78. The minimum absolute atomic E-state index is 0.140. The Morgan fingerprint density at radius 1 is 1.44 bits per heavy atom. The van der Waals surface area contributed by atoms with E-state index in [2.05, 4.69) is 21.7 Å². The third-order valence-corrected chi connectivity index (χ3v) is 6.82. The third-order valence-electron chi connectivity index (χ3n) is 5.50. The van der Waals surface area contributed by atoms with Crippen LogP contribution >= 0.6 is 22.9 Å². The van der Waals surface area contributed by atoms with Crippen molar-refractivity contribution in [3.05, 3.63) is 45.4 Å².